The molecule has 0 aliphatic carbocycles. The van der Waals surface area contributed by atoms with Crippen LogP contribution < -0.4 is 14.8 Å². The van der Waals surface area contributed by atoms with E-state index in [0.29, 0.717) is 6.61 Å². The molecular weight excluding hydrogens is 284 g/mol. The molecule has 0 bridgehead atoms. The van der Waals surface area contributed by atoms with Gasteiger partial charge in [-0.25, -0.2) is 0 Å². The highest BCUT2D eigenvalue weighted by Gasteiger charge is 2.12. The van der Waals surface area contributed by atoms with Crippen molar-refractivity contribution < 1.29 is 9.47 Å². The van der Waals surface area contributed by atoms with Crippen molar-refractivity contribution in [2.45, 2.75) is 39.5 Å². The van der Waals surface area contributed by atoms with Gasteiger partial charge in [-0.15, -0.1) is 11.3 Å². The zero-order chi connectivity index (χ0) is 15.3. The van der Waals surface area contributed by atoms with Crippen molar-refractivity contribution >= 4 is 11.3 Å². The third-order valence-electron chi connectivity index (χ3n) is 2.94. The number of thiazole rings is 1. The molecule has 0 aliphatic heterocycles. The summed E-state index contributed by atoms with van der Waals surface area (Å²) in [5, 5.41) is 3.48. The standard InChI is InChI=1S/C16H22N2O2S/c1-16(2,3)18-8-12-5-6-13(19-4)7-15(12)20-10-14-9-17-11-21-14/h5-7,9,11,18H,8,10H2,1-4H3. The number of benzene rings is 1. The molecule has 4 nitrogen and oxygen atoms in total. The van der Waals surface area contributed by atoms with E-state index in [1.807, 2.05) is 29.9 Å². The summed E-state index contributed by atoms with van der Waals surface area (Å²) in [6, 6.07) is 5.93. The molecule has 1 aromatic carbocycles. The van der Waals surface area contributed by atoms with Crippen LogP contribution >= 0.6 is 11.3 Å². The Kier molecular flexibility index (Phi) is 5.20. The van der Waals surface area contributed by atoms with Crippen LogP contribution in [0.2, 0.25) is 0 Å². The van der Waals surface area contributed by atoms with Gasteiger partial charge in [0.25, 0.3) is 0 Å². The minimum Gasteiger partial charge on any atom is -0.497 e. The minimum absolute atomic E-state index is 0.0644. The summed E-state index contributed by atoms with van der Waals surface area (Å²) in [5.74, 6) is 1.65. The molecule has 2 rings (SSSR count). The Morgan fingerprint density at radius 1 is 1.29 bits per heavy atom. The molecule has 2 aromatic rings. The summed E-state index contributed by atoms with van der Waals surface area (Å²) < 4.78 is 11.2. The molecule has 1 aromatic heterocycles. The van der Waals surface area contributed by atoms with Gasteiger partial charge in [0.2, 0.25) is 0 Å². The number of nitrogens with zero attached hydrogens (tertiary/aromatic N) is 1. The third-order valence-corrected chi connectivity index (χ3v) is 3.69. The van der Waals surface area contributed by atoms with E-state index >= 15 is 0 Å². The monoisotopic (exact) mass is 306 g/mol. The Morgan fingerprint density at radius 3 is 2.71 bits per heavy atom. The fraction of sp³-hybridized carbons (Fsp3) is 0.438. The zero-order valence-electron chi connectivity index (χ0n) is 13.0. The van der Waals surface area contributed by atoms with Gasteiger partial charge in [0.05, 0.1) is 17.5 Å². The Bertz CT molecular complexity index is 562. The lowest BCUT2D eigenvalue weighted by molar-refractivity contribution is 0.300. The maximum atomic E-state index is 5.94. The second-order valence-corrected chi connectivity index (χ2v) is 6.80. The number of hydrogen-bond donors (Lipinski definition) is 1. The topological polar surface area (TPSA) is 43.4 Å². The van der Waals surface area contributed by atoms with E-state index in [9.17, 15) is 0 Å². The molecule has 0 saturated carbocycles. The molecule has 5 heteroatoms. The van der Waals surface area contributed by atoms with Gasteiger partial charge in [-0.1, -0.05) is 6.07 Å². The van der Waals surface area contributed by atoms with E-state index in [2.05, 4.69) is 31.1 Å². The molecular formula is C16H22N2O2S. The van der Waals surface area contributed by atoms with Gasteiger partial charge >= 0.3 is 0 Å². The largest absolute Gasteiger partial charge is 0.497 e. The molecule has 0 saturated heterocycles. The Labute approximate surface area is 130 Å². The predicted molar refractivity (Wildman–Crippen MR) is 86.0 cm³/mol. The fourth-order valence-corrected chi connectivity index (χ4v) is 2.27. The van der Waals surface area contributed by atoms with Crippen LogP contribution in [0.5, 0.6) is 11.5 Å². The maximum absolute atomic E-state index is 5.94. The summed E-state index contributed by atoms with van der Waals surface area (Å²) in [6.07, 6.45) is 1.83. The van der Waals surface area contributed by atoms with Crippen molar-refractivity contribution in [1.29, 1.82) is 0 Å². The van der Waals surface area contributed by atoms with Crippen molar-refractivity contribution in [2.24, 2.45) is 0 Å². The molecule has 114 valence electrons. The van der Waals surface area contributed by atoms with Gasteiger partial charge in [-0.05, 0) is 26.8 Å². The summed E-state index contributed by atoms with van der Waals surface area (Å²) in [5.41, 5.74) is 3.00. The molecule has 0 aliphatic rings. The van der Waals surface area contributed by atoms with Gasteiger partial charge in [-0.3, -0.25) is 4.98 Å². The average molecular weight is 306 g/mol. The van der Waals surface area contributed by atoms with E-state index in [1.54, 1.807) is 18.4 Å². The first-order chi connectivity index (χ1) is 9.98. The summed E-state index contributed by atoms with van der Waals surface area (Å²) in [7, 11) is 1.66. The van der Waals surface area contributed by atoms with Crippen LogP contribution in [0.1, 0.15) is 31.2 Å². The lowest BCUT2D eigenvalue weighted by Crippen LogP contribution is -2.35. The van der Waals surface area contributed by atoms with Crippen LogP contribution in [-0.4, -0.2) is 17.6 Å². The SMILES string of the molecule is COc1ccc(CNC(C)(C)C)c(OCc2cncs2)c1. The minimum atomic E-state index is 0.0644. The van der Waals surface area contributed by atoms with E-state index < -0.39 is 0 Å². The Morgan fingerprint density at radius 2 is 2.10 bits per heavy atom. The summed E-state index contributed by atoms with van der Waals surface area (Å²) in [4.78, 5) is 5.16. The van der Waals surface area contributed by atoms with Gasteiger partial charge in [-0.2, -0.15) is 0 Å². The highest BCUT2D eigenvalue weighted by Crippen LogP contribution is 2.26. The van der Waals surface area contributed by atoms with Crippen LogP contribution in [0.3, 0.4) is 0 Å². The highest BCUT2D eigenvalue weighted by atomic mass is 32.1. The van der Waals surface area contributed by atoms with E-state index in [0.717, 1.165) is 28.5 Å². The fourth-order valence-electron chi connectivity index (χ4n) is 1.76. The molecule has 0 spiro atoms. The molecule has 0 unspecified atom stereocenters. The quantitative estimate of drug-likeness (QED) is 0.885. The van der Waals surface area contributed by atoms with Crippen molar-refractivity contribution in [3.05, 3.63) is 40.3 Å². The number of nitrogens with one attached hydrogen (secondary N) is 1. The Balaban J connectivity index is 2.11. The first-order valence-corrected chi connectivity index (χ1v) is 7.78. The zero-order valence-corrected chi connectivity index (χ0v) is 13.8. The number of aromatic nitrogens is 1. The van der Waals surface area contributed by atoms with Gasteiger partial charge in [0, 0.05) is 29.9 Å². The number of ether oxygens (including phenoxy) is 2. The third kappa shape index (κ3) is 5.02. The average Bonchev–Trinajstić information content (AvgIpc) is 2.95. The number of rotatable bonds is 6. The predicted octanol–water partition coefficient (Wildman–Crippen LogP) is 3.62. The van der Waals surface area contributed by atoms with Gasteiger partial charge in [0.1, 0.15) is 18.1 Å². The van der Waals surface area contributed by atoms with Gasteiger partial charge < -0.3 is 14.8 Å². The Hall–Kier alpha value is -1.59. The maximum Gasteiger partial charge on any atom is 0.128 e. The molecule has 0 amide bonds. The molecule has 1 N–H and O–H groups in total. The molecule has 0 atom stereocenters. The normalized spacial score (nSPS) is 11.4. The molecule has 21 heavy (non-hydrogen) atoms. The van der Waals surface area contributed by atoms with E-state index in [4.69, 9.17) is 9.47 Å². The lowest BCUT2D eigenvalue weighted by Gasteiger charge is -2.22. The van der Waals surface area contributed by atoms with Crippen molar-refractivity contribution in [2.75, 3.05) is 7.11 Å². The van der Waals surface area contributed by atoms with Gasteiger partial charge in [0.15, 0.2) is 0 Å². The van der Waals surface area contributed by atoms with Crippen LogP contribution in [0.25, 0.3) is 0 Å². The van der Waals surface area contributed by atoms with E-state index in [1.165, 1.54) is 0 Å². The van der Waals surface area contributed by atoms with Crippen LogP contribution in [0, 0.1) is 0 Å². The summed E-state index contributed by atoms with van der Waals surface area (Å²) >= 11 is 1.59. The van der Waals surface area contributed by atoms with Crippen LogP contribution in [0.4, 0.5) is 0 Å². The second-order valence-electron chi connectivity index (χ2n) is 5.83. The molecule has 1 heterocycles. The highest BCUT2D eigenvalue weighted by molar-refractivity contribution is 7.09. The van der Waals surface area contributed by atoms with Crippen molar-refractivity contribution in [3.8, 4) is 11.5 Å². The first-order valence-electron chi connectivity index (χ1n) is 6.90. The van der Waals surface area contributed by atoms with E-state index in [-0.39, 0.29) is 5.54 Å². The molecule has 0 fully saturated rings. The number of methoxy groups -OCH3 is 1. The second kappa shape index (κ2) is 6.91. The lowest BCUT2D eigenvalue weighted by atomic mass is 10.1. The van der Waals surface area contributed by atoms with Crippen molar-refractivity contribution in [1.82, 2.24) is 10.3 Å². The van der Waals surface area contributed by atoms with Crippen LogP contribution in [0.15, 0.2) is 29.9 Å². The first kappa shape index (κ1) is 15.8. The van der Waals surface area contributed by atoms with Crippen LogP contribution in [-0.2, 0) is 13.2 Å². The molecule has 0 radical (unpaired) electrons. The number of hydrogen-bond acceptors (Lipinski definition) is 5. The van der Waals surface area contributed by atoms with Crippen molar-refractivity contribution in [3.63, 3.8) is 0 Å². The smallest absolute Gasteiger partial charge is 0.128 e. The summed E-state index contributed by atoms with van der Waals surface area (Å²) in [6.45, 7) is 7.73.